The molecule has 0 bridgehead atoms. The molecule has 1 fully saturated rings. The molecule has 2 aromatic heterocycles. The van der Waals surface area contributed by atoms with Crippen LogP contribution < -0.4 is 14.5 Å². The van der Waals surface area contributed by atoms with Crippen LogP contribution in [0, 0.1) is 0 Å². The molecule has 2 aromatic carbocycles. The zero-order valence-electron chi connectivity index (χ0n) is 17.0. The van der Waals surface area contributed by atoms with E-state index < -0.39 is 0 Å². The maximum Gasteiger partial charge on any atom is 0.307 e. The van der Waals surface area contributed by atoms with E-state index in [1.54, 1.807) is 0 Å². The molecule has 1 aliphatic rings. The molecule has 6 nitrogen and oxygen atoms in total. The Bertz CT molecular complexity index is 1250. The molecule has 0 aliphatic carbocycles. The molecule has 0 spiro atoms. The zero-order chi connectivity index (χ0) is 21.2. The number of thiazole rings is 1. The molecule has 1 atom stereocenters. The summed E-state index contributed by atoms with van der Waals surface area (Å²) in [5, 5.41) is 10.9. The van der Waals surface area contributed by atoms with E-state index in [-0.39, 0.29) is 10.8 Å². The zero-order valence-corrected chi connectivity index (χ0v) is 17.8. The number of aromatic amines is 1. The van der Waals surface area contributed by atoms with Gasteiger partial charge in [-0.2, -0.15) is 0 Å². The van der Waals surface area contributed by atoms with Gasteiger partial charge < -0.3 is 14.7 Å². The van der Waals surface area contributed by atoms with Crippen molar-refractivity contribution in [2.75, 3.05) is 18.1 Å². The molecule has 4 aromatic rings. The number of fused-ring (bicyclic) bond motifs is 1. The monoisotopic (exact) mass is 433 g/mol. The molecule has 5 rings (SSSR count). The average molecular weight is 434 g/mol. The van der Waals surface area contributed by atoms with E-state index >= 15 is 0 Å². The maximum atomic E-state index is 11.3. The molecule has 0 saturated carbocycles. The van der Waals surface area contributed by atoms with Gasteiger partial charge in [0.15, 0.2) is 0 Å². The molecule has 1 saturated heterocycles. The number of aromatic nitrogens is 2. The van der Waals surface area contributed by atoms with Gasteiger partial charge in [-0.1, -0.05) is 41.7 Å². The molecular weight excluding hydrogens is 410 g/mol. The van der Waals surface area contributed by atoms with Crippen molar-refractivity contribution >= 4 is 28.1 Å². The quantitative estimate of drug-likeness (QED) is 0.473. The predicted octanol–water partition coefficient (Wildman–Crippen LogP) is 4.33. The van der Waals surface area contributed by atoms with Crippen LogP contribution >= 0.6 is 11.3 Å². The van der Waals surface area contributed by atoms with Gasteiger partial charge in [-0.15, -0.1) is 0 Å². The number of ether oxygens (including phenoxy) is 1. The van der Waals surface area contributed by atoms with E-state index in [1.165, 1.54) is 0 Å². The smallest absolute Gasteiger partial charge is 0.307 e. The lowest BCUT2D eigenvalue weighted by Gasteiger charge is -2.26. The van der Waals surface area contributed by atoms with Crippen molar-refractivity contribution in [2.45, 2.75) is 25.3 Å². The third-order valence-corrected chi connectivity index (χ3v) is 6.56. The van der Waals surface area contributed by atoms with Gasteiger partial charge in [0, 0.05) is 18.4 Å². The normalized spacial score (nSPS) is 16.1. The lowest BCUT2D eigenvalue weighted by Crippen LogP contribution is -2.34. The molecule has 0 radical (unpaired) electrons. The summed E-state index contributed by atoms with van der Waals surface area (Å²) in [4.78, 5) is 21.3. The summed E-state index contributed by atoms with van der Waals surface area (Å²) in [5.74, 6) is 1.78. The van der Waals surface area contributed by atoms with E-state index in [0.717, 1.165) is 58.8 Å². The largest absolute Gasteiger partial charge is 0.494 e. The SMILES string of the molecule is O=c1[nH]c(O)c(Cc2ccc(OC[C@H]3CCCN3c3ccc4ccccc4n3)cc2)s1. The first kappa shape index (κ1) is 19.6. The summed E-state index contributed by atoms with van der Waals surface area (Å²) in [6.45, 7) is 1.59. The highest BCUT2D eigenvalue weighted by Gasteiger charge is 2.26. The molecule has 2 N–H and O–H groups in total. The fraction of sp³-hybridized carbons (Fsp3) is 0.250. The van der Waals surface area contributed by atoms with Crippen LogP contribution in [0.4, 0.5) is 5.82 Å². The Kier molecular flexibility index (Phi) is 5.34. The van der Waals surface area contributed by atoms with Crippen molar-refractivity contribution in [1.82, 2.24) is 9.97 Å². The van der Waals surface area contributed by atoms with Gasteiger partial charge in [0.1, 0.15) is 18.2 Å². The summed E-state index contributed by atoms with van der Waals surface area (Å²) in [7, 11) is 0. The van der Waals surface area contributed by atoms with Crippen molar-refractivity contribution < 1.29 is 9.84 Å². The van der Waals surface area contributed by atoms with Crippen molar-refractivity contribution in [1.29, 1.82) is 0 Å². The highest BCUT2D eigenvalue weighted by atomic mass is 32.1. The molecule has 158 valence electrons. The Morgan fingerprint density at radius 2 is 1.97 bits per heavy atom. The number of pyridine rings is 1. The first-order valence-corrected chi connectivity index (χ1v) is 11.2. The lowest BCUT2D eigenvalue weighted by atomic mass is 10.1. The second-order valence-electron chi connectivity index (χ2n) is 7.77. The molecule has 0 unspecified atom stereocenters. The van der Waals surface area contributed by atoms with Gasteiger partial charge in [0.05, 0.1) is 16.4 Å². The van der Waals surface area contributed by atoms with Crippen molar-refractivity contribution in [3.63, 3.8) is 0 Å². The second kappa shape index (κ2) is 8.43. The third-order valence-electron chi connectivity index (χ3n) is 5.69. The minimum Gasteiger partial charge on any atom is -0.494 e. The van der Waals surface area contributed by atoms with Crippen LogP contribution in [0.5, 0.6) is 11.6 Å². The number of rotatable bonds is 6. The summed E-state index contributed by atoms with van der Waals surface area (Å²) >= 11 is 1.04. The number of aromatic hydroxyl groups is 1. The number of anilines is 1. The molecule has 3 heterocycles. The second-order valence-corrected chi connectivity index (χ2v) is 8.84. The van der Waals surface area contributed by atoms with Gasteiger partial charge in [-0.25, -0.2) is 4.98 Å². The minimum absolute atomic E-state index is 0.0426. The van der Waals surface area contributed by atoms with E-state index in [1.807, 2.05) is 42.5 Å². The highest BCUT2D eigenvalue weighted by molar-refractivity contribution is 7.09. The first-order valence-electron chi connectivity index (χ1n) is 10.4. The van der Waals surface area contributed by atoms with Gasteiger partial charge >= 0.3 is 4.87 Å². The van der Waals surface area contributed by atoms with Crippen LogP contribution in [-0.2, 0) is 6.42 Å². The third kappa shape index (κ3) is 4.27. The summed E-state index contributed by atoms with van der Waals surface area (Å²) < 4.78 is 6.09. The number of benzene rings is 2. The number of hydrogen-bond donors (Lipinski definition) is 2. The Labute approximate surface area is 183 Å². The van der Waals surface area contributed by atoms with Crippen LogP contribution in [0.15, 0.2) is 65.5 Å². The lowest BCUT2D eigenvalue weighted by molar-refractivity contribution is 0.288. The fourth-order valence-corrected chi connectivity index (χ4v) is 4.84. The molecule has 7 heteroatoms. The highest BCUT2D eigenvalue weighted by Crippen LogP contribution is 2.27. The van der Waals surface area contributed by atoms with Crippen LogP contribution in [0.3, 0.4) is 0 Å². The number of nitrogens with zero attached hydrogens (tertiary/aromatic N) is 2. The summed E-state index contributed by atoms with van der Waals surface area (Å²) in [6.07, 6.45) is 2.72. The first-order chi connectivity index (χ1) is 15.2. The average Bonchev–Trinajstić information content (AvgIpc) is 3.38. The van der Waals surface area contributed by atoms with Crippen LogP contribution in [-0.4, -0.2) is 34.3 Å². The van der Waals surface area contributed by atoms with Crippen LogP contribution in [0.25, 0.3) is 10.9 Å². The summed E-state index contributed by atoms with van der Waals surface area (Å²) in [6, 6.07) is 20.5. The van der Waals surface area contributed by atoms with E-state index in [0.29, 0.717) is 23.9 Å². The molecule has 0 amide bonds. The Morgan fingerprint density at radius 3 is 2.77 bits per heavy atom. The standard InChI is InChI=1S/C24H23N3O3S/c28-23-21(31-24(29)26-23)14-16-7-10-19(11-8-16)30-15-18-5-3-13-27(18)22-12-9-17-4-1-2-6-20(17)25-22/h1-2,4,6-12,18,28H,3,5,13-15H2,(H,26,29)/t18-/m1/s1. The summed E-state index contributed by atoms with van der Waals surface area (Å²) in [5.41, 5.74) is 2.03. The van der Waals surface area contributed by atoms with Gasteiger partial charge in [0.25, 0.3) is 0 Å². The molecular formula is C24H23N3O3S. The molecule has 1 aliphatic heterocycles. The van der Waals surface area contributed by atoms with Crippen LogP contribution in [0.2, 0.25) is 0 Å². The van der Waals surface area contributed by atoms with Crippen molar-refractivity contribution in [2.24, 2.45) is 0 Å². The minimum atomic E-state index is -0.241. The Balaban J connectivity index is 1.23. The van der Waals surface area contributed by atoms with Gasteiger partial charge in [-0.05, 0) is 48.7 Å². The number of nitrogens with one attached hydrogen (secondary N) is 1. The molecule has 31 heavy (non-hydrogen) atoms. The van der Waals surface area contributed by atoms with Crippen molar-refractivity contribution in [3.8, 4) is 11.6 Å². The van der Waals surface area contributed by atoms with Crippen molar-refractivity contribution in [3.05, 3.63) is 80.8 Å². The fourth-order valence-electron chi connectivity index (χ4n) is 4.08. The number of hydrogen-bond acceptors (Lipinski definition) is 6. The Hall–Kier alpha value is -3.32. The van der Waals surface area contributed by atoms with Crippen LogP contribution in [0.1, 0.15) is 23.3 Å². The van der Waals surface area contributed by atoms with Gasteiger partial charge in [0.2, 0.25) is 5.88 Å². The predicted molar refractivity (Wildman–Crippen MR) is 123 cm³/mol. The Morgan fingerprint density at radius 1 is 1.13 bits per heavy atom. The van der Waals surface area contributed by atoms with E-state index in [9.17, 15) is 9.90 Å². The maximum absolute atomic E-state index is 11.3. The van der Waals surface area contributed by atoms with Gasteiger partial charge in [-0.3, -0.25) is 9.78 Å². The number of H-pyrrole nitrogens is 1. The van der Waals surface area contributed by atoms with E-state index in [2.05, 4.69) is 28.1 Å². The number of para-hydroxylation sites is 1. The topological polar surface area (TPSA) is 78.5 Å². The van der Waals surface area contributed by atoms with E-state index in [4.69, 9.17) is 9.72 Å².